The quantitative estimate of drug-likeness (QED) is 0.765. The zero-order valence-electron chi connectivity index (χ0n) is 10.6. The first kappa shape index (κ1) is 12.6. The number of benzene rings is 1. The van der Waals surface area contributed by atoms with Gasteiger partial charge in [-0.3, -0.25) is 4.79 Å². The molecule has 1 aliphatic carbocycles. The molecule has 0 spiro atoms. The van der Waals surface area contributed by atoms with Gasteiger partial charge in [-0.25, -0.2) is 0 Å². The summed E-state index contributed by atoms with van der Waals surface area (Å²) < 4.78 is 5.51. The molecule has 0 heterocycles. The third-order valence-corrected chi connectivity index (χ3v) is 3.26. The van der Waals surface area contributed by atoms with Crippen molar-refractivity contribution in [1.29, 1.82) is 5.26 Å². The predicted octanol–water partition coefficient (Wildman–Crippen LogP) is 3.28. The molecular formula is C15H17NO2. The van der Waals surface area contributed by atoms with E-state index in [4.69, 9.17) is 10.00 Å². The van der Waals surface area contributed by atoms with Crippen molar-refractivity contribution in [3.63, 3.8) is 0 Å². The number of carbonyl (C=O) groups is 1. The molecule has 0 aliphatic heterocycles. The molecule has 2 rings (SSSR count). The van der Waals surface area contributed by atoms with Crippen LogP contribution >= 0.6 is 0 Å². The summed E-state index contributed by atoms with van der Waals surface area (Å²) in [4.78, 5) is 11.6. The largest absolute Gasteiger partial charge is 0.457 e. The molecule has 0 fully saturated rings. The van der Waals surface area contributed by atoms with E-state index in [0.717, 1.165) is 36.8 Å². The van der Waals surface area contributed by atoms with Crippen molar-refractivity contribution in [3.8, 4) is 6.07 Å². The minimum absolute atomic E-state index is 0.124. The van der Waals surface area contributed by atoms with Crippen LogP contribution in [-0.2, 0) is 16.0 Å². The lowest BCUT2D eigenvalue weighted by Crippen LogP contribution is -2.16. The first-order chi connectivity index (χ1) is 8.74. The van der Waals surface area contributed by atoms with Crippen molar-refractivity contribution in [2.45, 2.75) is 45.1 Å². The summed E-state index contributed by atoms with van der Waals surface area (Å²) in [5.41, 5.74) is 2.90. The second-order valence-corrected chi connectivity index (χ2v) is 4.65. The number of rotatable bonds is 3. The number of fused-ring (bicyclic) bond motifs is 1. The van der Waals surface area contributed by atoms with Crippen molar-refractivity contribution in [1.82, 2.24) is 0 Å². The van der Waals surface area contributed by atoms with Crippen LogP contribution in [0, 0.1) is 11.3 Å². The van der Waals surface area contributed by atoms with Gasteiger partial charge in [0, 0.05) is 6.42 Å². The van der Waals surface area contributed by atoms with E-state index in [1.54, 1.807) is 6.07 Å². The Hall–Kier alpha value is -1.82. The Morgan fingerprint density at radius 3 is 3.11 bits per heavy atom. The van der Waals surface area contributed by atoms with Gasteiger partial charge in [0.2, 0.25) is 0 Å². The molecule has 94 valence electrons. The molecule has 3 nitrogen and oxygen atoms in total. The number of esters is 1. The standard InChI is InChI=1S/C15H17NO2/c1-2-4-15(17)18-14-6-3-5-12-9-11(10-16)7-8-13(12)14/h7-9,14H,2-6H2,1H3. The molecule has 0 radical (unpaired) electrons. The second-order valence-electron chi connectivity index (χ2n) is 4.65. The first-order valence-corrected chi connectivity index (χ1v) is 6.47. The van der Waals surface area contributed by atoms with Gasteiger partial charge >= 0.3 is 5.97 Å². The van der Waals surface area contributed by atoms with Crippen LogP contribution in [0.25, 0.3) is 0 Å². The van der Waals surface area contributed by atoms with Crippen LogP contribution < -0.4 is 0 Å². The van der Waals surface area contributed by atoms with Crippen LogP contribution in [0.15, 0.2) is 18.2 Å². The van der Waals surface area contributed by atoms with Gasteiger partial charge in [-0.1, -0.05) is 13.0 Å². The lowest BCUT2D eigenvalue weighted by molar-refractivity contribution is -0.150. The van der Waals surface area contributed by atoms with Gasteiger partial charge < -0.3 is 4.74 Å². The zero-order valence-corrected chi connectivity index (χ0v) is 10.6. The van der Waals surface area contributed by atoms with E-state index in [0.29, 0.717) is 12.0 Å². The molecular weight excluding hydrogens is 226 g/mol. The average molecular weight is 243 g/mol. The maximum Gasteiger partial charge on any atom is 0.306 e. The summed E-state index contributed by atoms with van der Waals surface area (Å²) in [6.45, 7) is 1.97. The number of nitriles is 1. The number of carbonyl (C=O) groups excluding carboxylic acids is 1. The van der Waals surface area contributed by atoms with E-state index >= 15 is 0 Å². The van der Waals surface area contributed by atoms with E-state index < -0.39 is 0 Å². The summed E-state index contributed by atoms with van der Waals surface area (Å²) >= 11 is 0. The zero-order chi connectivity index (χ0) is 13.0. The van der Waals surface area contributed by atoms with E-state index in [-0.39, 0.29) is 12.1 Å². The fourth-order valence-corrected chi connectivity index (χ4v) is 2.38. The van der Waals surface area contributed by atoms with E-state index in [2.05, 4.69) is 6.07 Å². The number of hydrogen-bond acceptors (Lipinski definition) is 3. The summed E-state index contributed by atoms with van der Waals surface area (Å²) in [7, 11) is 0. The molecule has 0 amide bonds. The molecule has 18 heavy (non-hydrogen) atoms. The van der Waals surface area contributed by atoms with Crippen LogP contribution in [0.1, 0.15) is 55.4 Å². The van der Waals surface area contributed by atoms with Crippen LogP contribution in [0.3, 0.4) is 0 Å². The monoisotopic (exact) mass is 243 g/mol. The highest BCUT2D eigenvalue weighted by Gasteiger charge is 2.23. The molecule has 1 aromatic rings. The average Bonchev–Trinajstić information content (AvgIpc) is 2.38. The number of hydrogen-bond donors (Lipinski definition) is 0. The molecule has 1 atom stereocenters. The highest BCUT2D eigenvalue weighted by atomic mass is 16.5. The second kappa shape index (κ2) is 5.68. The molecule has 1 unspecified atom stereocenters. The molecule has 0 saturated carbocycles. The molecule has 1 aromatic carbocycles. The van der Waals surface area contributed by atoms with Crippen molar-refractivity contribution in [2.24, 2.45) is 0 Å². The molecule has 0 bridgehead atoms. The van der Waals surface area contributed by atoms with Gasteiger partial charge in [0.15, 0.2) is 0 Å². The lowest BCUT2D eigenvalue weighted by atomic mass is 9.88. The van der Waals surface area contributed by atoms with Gasteiger partial charge in [-0.05, 0) is 48.9 Å². The van der Waals surface area contributed by atoms with Crippen LogP contribution in [0.2, 0.25) is 0 Å². The van der Waals surface area contributed by atoms with Gasteiger partial charge in [0.1, 0.15) is 6.10 Å². The number of ether oxygens (including phenoxy) is 1. The fraction of sp³-hybridized carbons (Fsp3) is 0.467. The maximum absolute atomic E-state index is 11.6. The highest BCUT2D eigenvalue weighted by Crippen LogP contribution is 2.33. The molecule has 0 saturated heterocycles. The third-order valence-electron chi connectivity index (χ3n) is 3.26. The van der Waals surface area contributed by atoms with E-state index in [1.165, 1.54) is 0 Å². The highest BCUT2D eigenvalue weighted by molar-refractivity contribution is 5.69. The Bertz CT molecular complexity index is 488. The summed E-state index contributed by atoms with van der Waals surface area (Å²) in [6.07, 6.45) is 4.02. The molecule has 3 heteroatoms. The van der Waals surface area contributed by atoms with Crippen molar-refractivity contribution >= 4 is 5.97 Å². The van der Waals surface area contributed by atoms with Gasteiger partial charge in [0.25, 0.3) is 0 Å². The van der Waals surface area contributed by atoms with Gasteiger partial charge in [0.05, 0.1) is 11.6 Å². The van der Waals surface area contributed by atoms with Crippen molar-refractivity contribution < 1.29 is 9.53 Å². The Labute approximate surface area is 107 Å². The molecule has 0 aromatic heterocycles. The third kappa shape index (κ3) is 2.70. The Balaban J connectivity index is 2.18. The Morgan fingerprint density at radius 1 is 1.56 bits per heavy atom. The summed E-state index contributed by atoms with van der Waals surface area (Å²) in [6, 6.07) is 7.78. The first-order valence-electron chi connectivity index (χ1n) is 6.47. The molecule has 1 aliphatic rings. The normalized spacial score (nSPS) is 17.7. The Kier molecular flexibility index (Phi) is 3.99. The SMILES string of the molecule is CCCC(=O)OC1CCCc2cc(C#N)ccc21. The summed E-state index contributed by atoms with van der Waals surface area (Å²) in [5, 5.41) is 8.89. The van der Waals surface area contributed by atoms with Crippen LogP contribution in [-0.4, -0.2) is 5.97 Å². The Morgan fingerprint density at radius 2 is 2.39 bits per heavy atom. The topological polar surface area (TPSA) is 50.1 Å². The minimum atomic E-state index is -0.125. The lowest BCUT2D eigenvalue weighted by Gasteiger charge is -2.25. The van der Waals surface area contributed by atoms with E-state index in [1.807, 2.05) is 19.1 Å². The van der Waals surface area contributed by atoms with Crippen molar-refractivity contribution in [2.75, 3.05) is 0 Å². The van der Waals surface area contributed by atoms with Gasteiger partial charge in [-0.15, -0.1) is 0 Å². The number of nitrogens with zero attached hydrogens (tertiary/aromatic N) is 1. The predicted molar refractivity (Wildman–Crippen MR) is 67.8 cm³/mol. The minimum Gasteiger partial charge on any atom is -0.457 e. The maximum atomic E-state index is 11.6. The van der Waals surface area contributed by atoms with Crippen LogP contribution in [0.4, 0.5) is 0 Å². The smallest absolute Gasteiger partial charge is 0.306 e. The summed E-state index contributed by atoms with van der Waals surface area (Å²) in [5.74, 6) is -0.125. The number of aryl methyl sites for hydroxylation is 1. The van der Waals surface area contributed by atoms with Crippen LogP contribution in [0.5, 0.6) is 0 Å². The van der Waals surface area contributed by atoms with E-state index in [9.17, 15) is 4.79 Å². The fourth-order valence-electron chi connectivity index (χ4n) is 2.38. The van der Waals surface area contributed by atoms with Crippen molar-refractivity contribution in [3.05, 3.63) is 34.9 Å². The van der Waals surface area contributed by atoms with Gasteiger partial charge in [-0.2, -0.15) is 5.26 Å². The molecule has 0 N–H and O–H groups in total.